The van der Waals surface area contributed by atoms with E-state index in [1.54, 1.807) is 6.92 Å². The van der Waals surface area contributed by atoms with Crippen LogP contribution >= 0.6 is 11.6 Å². The number of likely N-dealkylation sites (tertiary alicyclic amines) is 1. The minimum atomic E-state index is -0.696. The molecule has 0 bridgehead atoms. The predicted molar refractivity (Wildman–Crippen MR) is 80.9 cm³/mol. The molecule has 4 heteroatoms. The van der Waals surface area contributed by atoms with Gasteiger partial charge in [-0.25, -0.2) is 0 Å². The summed E-state index contributed by atoms with van der Waals surface area (Å²) in [5.41, 5.74) is 1.20. The van der Waals surface area contributed by atoms with Crippen LogP contribution in [0.3, 0.4) is 0 Å². The molecule has 2 atom stereocenters. The average molecular weight is 296 g/mol. The van der Waals surface area contributed by atoms with Gasteiger partial charge in [-0.1, -0.05) is 37.1 Å². The standard InChI is InChI=1S/C16H22ClNO2/c1-12(16(19)20)9-15-7-2-3-8-18(15)11-13-5-4-6-14(17)10-13/h4-6,10,12,15H,2-3,7-9,11H2,1H3,(H,19,20). The van der Waals surface area contributed by atoms with Crippen LogP contribution in [0.15, 0.2) is 24.3 Å². The van der Waals surface area contributed by atoms with E-state index in [9.17, 15) is 4.79 Å². The maximum Gasteiger partial charge on any atom is 0.306 e. The van der Waals surface area contributed by atoms with Crippen molar-refractivity contribution in [3.05, 3.63) is 34.9 Å². The number of carbonyl (C=O) groups is 1. The van der Waals surface area contributed by atoms with E-state index in [0.29, 0.717) is 6.04 Å². The SMILES string of the molecule is CC(CC1CCCCN1Cc1cccc(Cl)c1)C(=O)O. The average Bonchev–Trinajstić information content (AvgIpc) is 2.41. The number of aliphatic carboxylic acids is 1. The van der Waals surface area contributed by atoms with E-state index in [4.69, 9.17) is 16.7 Å². The maximum atomic E-state index is 11.0. The largest absolute Gasteiger partial charge is 0.481 e. The van der Waals surface area contributed by atoms with Gasteiger partial charge in [-0.3, -0.25) is 9.69 Å². The monoisotopic (exact) mass is 295 g/mol. The zero-order valence-electron chi connectivity index (χ0n) is 11.9. The number of carboxylic acid groups (broad SMARTS) is 1. The van der Waals surface area contributed by atoms with E-state index in [1.165, 1.54) is 18.4 Å². The highest BCUT2D eigenvalue weighted by atomic mass is 35.5. The Morgan fingerprint density at radius 2 is 2.30 bits per heavy atom. The van der Waals surface area contributed by atoms with Crippen LogP contribution in [0.1, 0.15) is 38.2 Å². The Hall–Kier alpha value is -1.06. The summed E-state index contributed by atoms with van der Waals surface area (Å²) in [7, 11) is 0. The fourth-order valence-electron chi connectivity index (χ4n) is 2.91. The van der Waals surface area contributed by atoms with Crippen molar-refractivity contribution in [2.24, 2.45) is 5.92 Å². The molecule has 1 aromatic rings. The Morgan fingerprint density at radius 1 is 1.50 bits per heavy atom. The van der Waals surface area contributed by atoms with Gasteiger partial charge in [-0.05, 0) is 43.5 Å². The number of benzene rings is 1. The lowest BCUT2D eigenvalue weighted by Crippen LogP contribution is -2.40. The Balaban J connectivity index is 2.01. The quantitative estimate of drug-likeness (QED) is 0.898. The molecule has 1 aliphatic rings. The highest BCUT2D eigenvalue weighted by Crippen LogP contribution is 2.25. The van der Waals surface area contributed by atoms with Gasteiger partial charge in [0.25, 0.3) is 0 Å². The summed E-state index contributed by atoms with van der Waals surface area (Å²) in [6.07, 6.45) is 4.22. The van der Waals surface area contributed by atoms with E-state index in [1.807, 2.05) is 18.2 Å². The van der Waals surface area contributed by atoms with Gasteiger partial charge in [0.15, 0.2) is 0 Å². The fraction of sp³-hybridized carbons (Fsp3) is 0.562. The number of carboxylic acids is 1. The molecule has 110 valence electrons. The van der Waals surface area contributed by atoms with Crippen molar-refractivity contribution in [3.8, 4) is 0 Å². The Morgan fingerprint density at radius 3 is 3.00 bits per heavy atom. The first-order valence-corrected chi connectivity index (χ1v) is 7.65. The van der Waals surface area contributed by atoms with Gasteiger partial charge in [-0.15, -0.1) is 0 Å². The van der Waals surface area contributed by atoms with Gasteiger partial charge in [0.1, 0.15) is 0 Å². The van der Waals surface area contributed by atoms with Gasteiger partial charge >= 0.3 is 5.97 Å². The zero-order valence-corrected chi connectivity index (χ0v) is 12.6. The maximum absolute atomic E-state index is 11.0. The van der Waals surface area contributed by atoms with Gasteiger partial charge in [-0.2, -0.15) is 0 Å². The third kappa shape index (κ3) is 4.22. The molecule has 0 saturated carbocycles. The summed E-state index contributed by atoms with van der Waals surface area (Å²) in [4.78, 5) is 13.5. The van der Waals surface area contributed by atoms with E-state index in [-0.39, 0.29) is 5.92 Å². The first-order valence-electron chi connectivity index (χ1n) is 7.27. The smallest absolute Gasteiger partial charge is 0.306 e. The summed E-state index contributed by atoms with van der Waals surface area (Å²) >= 11 is 6.03. The second-order valence-corrected chi connectivity index (χ2v) is 6.16. The van der Waals surface area contributed by atoms with Gasteiger partial charge in [0, 0.05) is 17.6 Å². The van der Waals surface area contributed by atoms with Crippen LogP contribution < -0.4 is 0 Å². The van der Waals surface area contributed by atoms with Crippen molar-refractivity contribution in [2.75, 3.05) is 6.54 Å². The lowest BCUT2D eigenvalue weighted by molar-refractivity contribution is -0.141. The third-order valence-corrected chi connectivity index (χ3v) is 4.31. The summed E-state index contributed by atoms with van der Waals surface area (Å²) in [5.74, 6) is -0.974. The van der Waals surface area contributed by atoms with Crippen molar-refractivity contribution in [1.82, 2.24) is 4.90 Å². The Kier molecular flexibility index (Phi) is 5.44. The normalized spacial score (nSPS) is 21.6. The molecule has 3 nitrogen and oxygen atoms in total. The lowest BCUT2D eigenvalue weighted by Gasteiger charge is -2.36. The Bertz CT molecular complexity index is 464. The van der Waals surface area contributed by atoms with E-state index in [2.05, 4.69) is 11.0 Å². The van der Waals surface area contributed by atoms with E-state index >= 15 is 0 Å². The van der Waals surface area contributed by atoms with Crippen LogP contribution in [-0.4, -0.2) is 28.6 Å². The first kappa shape index (κ1) is 15.3. The van der Waals surface area contributed by atoms with Gasteiger partial charge in [0.05, 0.1) is 5.92 Å². The van der Waals surface area contributed by atoms with Crippen molar-refractivity contribution >= 4 is 17.6 Å². The first-order chi connectivity index (χ1) is 9.56. The van der Waals surface area contributed by atoms with Crippen molar-refractivity contribution in [3.63, 3.8) is 0 Å². The number of piperidine rings is 1. The molecule has 0 aromatic heterocycles. The molecule has 20 heavy (non-hydrogen) atoms. The van der Waals surface area contributed by atoms with Gasteiger partial charge < -0.3 is 5.11 Å². The molecule has 2 unspecified atom stereocenters. The predicted octanol–water partition coefficient (Wildman–Crippen LogP) is 3.81. The zero-order chi connectivity index (χ0) is 14.5. The molecule has 0 radical (unpaired) electrons. The van der Waals surface area contributed by atoms with Gasteiger partial charge in [0.2, 0.25) is 0 Å². The fourth-order valence-corrected chi connectivity index (χ4v) is 3.13. The molecular weight excluding hydrogens is 274 g/mol. The summed E-state index contributed by atoms with van der Waals surface area (Å²) in [6, 6.07) is 8.29. The molecular formula is C16H22ClNO2. The van der Waals surface area contributed by atoms with Crippen molar-refractivity contribution < 1.29 is 9.90 Å². The topological polar surface area (TPSA) is 40.5 Å². The van der Waals surface area contributed by atoms with Crippen LogP contribution in [0.4, 0.5) is 0 Å². The van der Waals surface area contributed by atoms with Crippen LogP contribution in [0.2, 0.25) is 5.02 Å². The van der Waals surface area contributed by atoms with Crippen LogP contribution in [0.5, 0.6) is 0 Å². The molecule has 1 heterocycles. The number of halogens is 1. The van der Waals surface area contributed by atoms with E-state index in [0.717, 1.165) is 31.0 Å². The number of rotatable bonds is 5. The van der Waals surface area contributed by atoms with Crippen LogP contribution in [-0.2, 0) is 11.3 Å². The number of nitrogens with zero attached hydrogens (tertiary/aromatic N) is 1. The molecule has 0 amide bonds. The highest BCUT2D eigenvalue weighted by molar-refractivity contribution is 6.30. The molecule has 1 aromatic carbocycles. The Labute approximate surface area is 125 Å². The molecule has 1 saturated heterocycles. The molecule has 1 aliphatic heterocycles. The molecule has 0 aliphatic carbocycles. The third-order valence-electron chi connectivity index (χ3n) is 4.07. The number of hydrogen-bond acceptors (Lipinski definition) is 2. The second-order valence-electron chi connectivity index (χ2n) is 5.72. The number of hydrogen-bond donors (Lipinski definition) is 1. The van der Waals surface area contributed by atoms with Crippen LogP contribution in [0, 0.1) is 5.92 Å². The van der Waals surface area contributed by atoms with E-state index < -0.39 is 5.97 Å². The van der Waals surface area contributed by atoms with Crippen molar-refractivity contribution in [1.29, 1.82) is 0 Å². The van der Waals surface area contributed by atoms with Crippen LogP contribution in [0.25, 0.3) is 0 Å². The minimum Gasteiger partial charge on any atom is -0.481 e. The highest BCUT2D eigenvalue weighted by Gasteiger charge is 2.26. The molecule has 1 N–H and O–H groups in total. The summed E-state index contributed by atoms with van der Waals surface area (Å²) in [6.45, 7) is 3.70. The molecule has 1 fully saturated rings. The summed E-state index contributed by atoms with van der Waals surface area (Å²) < 4.78 is 0. The molecule has 2 rings (SSSR count). The summed E-state index contributed by atoms with van der Waals surface area (Å²) in [5, 5.41) is 9.85. The molecule has 0 spiro atoms. The van der Waals surface area contributed by atoms with Crippen molar-refractivity contribution in [2.45, 2.75) is 45.2 Å². The lowest BCUT2D eigenvalue weighted by atomic mass is 9.93. The minimum absolute atomic E-state index is 0.278. The second kappa shape index (κ2) is 7.09.